The van der Waals surface area contributed by atoms with Gasteiger partial charge in [-0.05, 0) is 98.4 Å². The van der Waals surface area contributed by atoms with Crippen molar-refractivity contribution in [3.8, 4) is 0 Å². The lowest BCUT2D eigenvalue weighted by Crippen LogP contribution is -2.44. The van der Waals surface area contributed by atoms with Crippen LogP contribution in [0.4, 0.5) is 0 Å². The van der Waals surface area contributed by atoms with E-state index >= 15 is 0 Å². The van der Waals surface area contributed by atoms with E-state index in [1.54, 1.807) is 0 Å². The number of ketones is 2. The van der Waals surface area contributed by atoms with E-state index in [1.165, 1.54) is 13.8 Å². The predicted octanol–water partition coefficient (Wildman–Crippen LogP) is 4.99. The average molecular weight is 782 g/mol. The Balaban J connectivity index is 0. The third-order valence-corrected chi connectivity index (χ3v) is 9.41. The van der Waals surface area contributed by atoms with Crippen LogP contribution in [0, 0.1) is 5.92 Å². The second-order valence-electron chi connectivity index (χ2n) is 15.1. The molecule has 0 saturated carbocycles. The number of rotatable bonds is 35. The molecule has 0 aliphatic rings. The number of nitrogens with one attached hydrogen (secondary N) is 6. The van der Waals surface area contributed by atoms with Crippen LogP contribution in [0.3, 0.4) is 0 Å². The molecule has 0 aromatic heterocycles. The fourth-order valence-electron chi connectivity index (χ4n) is 6.59. The average Bonchev–Trinajstić information content (AvgIpc) is 3.11. The van der Waals surface area contributed by atoms with Crippen LogP contribution in [-0.4, -0.2) is 93.1 Å². The Morgan fingerprint density at radius 3 is 1.29 bits per heavy atom. The number of hydrogen-bond acceptors (Lipinski definition) is 9. The summed E-state index contributed by atoms with van der Waals surface area (Å²) in [4.78, 5) is 76.5. The van der Waals surface area contributed by atoms with Gasteiger partial charge in [-0.2, -0.15) is 0 Å². The highest BCUT2D eigenvalue weighted by Gasteiger charge is 2.23. The Morgan fingerprint density at radius 2 is 0.873 bits per heavy atom. The number of unbranched alkanes of at least 4 members (excludes halogenated alkanes) is 5. The molecule has 0 rings (SSSR count). The van der Waals surface area contributed by atoms with Gasteiger partial charge in [-0.15, -0.1) is 0 Å². The number of hydrogen-bond donors (Lipinski definition) is 7. The zero-order chi connectivity index (χ0) is 41.9. The van der Waals surface area contributed by atoms with Crippen LogP contribution in [0.1, 0.15) is 170 Å². The van der Waals surface area contributed by atoms with Crippen molar-refractivity contribution < 1.29 is 28.8 Å². The number of carbonyl (C=O) groups is 6. The largest absolute Gasteiger partial charge is 0.353 e. The van der Waals surface area contributed by atoms with E-state index in [9.17, 15) is 28.8 Å². The summed E-state index contributed by atoms with van der Waals surface area (Å²) in [6.45, 7) is 13.5. The van der Waals surface area contributed by atoms with Gasteiger partial charge in [-0.3, -0.25) is 28.8 Å². The van der Waals surface area contributed by atoms with Crippen LogP contribution < -0.4 is 37.6 Å². The fourth-order valence-corrected chi connectivity index (χ4v) is 6.59. The van der Waals surface area contributed by atoms with Gasteiger partial charge in [0.2, 0.25) is 23.6 Å². The third kappa shape index (κ3) is 34.1. The summed E-state index contributed by atoms with van der Waals surface area (Å²) in [5.41, 5.74) is 5.61. The molecule has 5 unspecified atom stereocenters. The second-order valence-corrected chi connectivity index (χ2v) is 15.1. The SMILES string of the molecule is CC.CCCCCC(CC(C)=O)NC(=O)CC(CCCCNC)NC(=O)CCC(CC(C)=O)NC(=O)CC(CCCCNC)NC(=O)CC(C)CCCCN. The summed E-state index contributed by atoms with van der Waals surface area (Å²) in [6.07, 6.45) is 12.6. The minimum Gasteiger partial charge on any atom is -0.353 e. The fraction of sp³-hybridized carbons (Fsp3) is 0.857. The lowest BCUT2D eigenvalue weighted by molar-refractivity contribution is -0.127. The lowest BCUT2D eigenvalue weighted by atomic mass is 9.99. The van der Waals surface area contributed by atoms with Gasteiger partial charge in [-0.1, -0.05) is 72.6 Å². The maximum atomic E-state index is 13.3. The molecule has 0 saturated heterocycles. The Bertz CT molecular complexity index is 1040. The van der Waals surface area contributed by atoms with Crippen molar-refractivity contribution in [2.45, 2.75) is 194 Å². The maximum Gasteiger partial charge on any atom is 0.222 e. The Morgan fingerprint density at radius 1 is 0.491 bits per heavy atom. The van der Waals surface area contributed by atoms with E-state index in [1.807, 2.05) is 27.9 Å². The van der Waals surface area contributed by atoms with E-state index < -0.39 is 6.04 Å². The topological polar surface area (TPSA) is 201 Å². The molecule has 0 heterocycles. The standard InChI is InChI=1S/C40H77N7O6.C2H6/c1-7-8-9-17-33(26-31(3)48)45-39(52)28-34(18-11-14-23-42-5)44-37(50)21-20-36(27-32(4)49)47-40(53)29-35(19-12-15-24-43-6)46-38(51)25-30(2)16-10-13-22-41;1-2/h30,33-36,42-43H,7-29,41H2,1-6H3,(H,44,50)(H,45,52)(H,46,51)(H,47,53);1-2H3. The molecule has 0 bridgehead atoms. The summed E-state index contributed by atoms with van der Waals surface area (Å²) >= 11 is 0. The van der Waals surface area contributed by atoms with Crippen molar-refractivity contribution >= 4 is 35.2 Å². The van der Waals surface area contributed by atoms with Gasteiger partial charge in [0.1, 0.15) is 11.6 Å². The molecule has 0 aromatic carbocycles. The lowest BCUT2D eigenvalue weighted by Gasteiger charge is -2.23. The minimum absolute atomic E-state index is 0.0278. The van der Waals surface area contributed by atoms with Gasteiger partial charge in [0.25, 0.3) is 0 Å². The number of amides is 4. The van der Waals surface area contributed by atoms with Crippen molar-refractivity contribution in [1.82, 2.24) is 31.9 Å². The summed E-state index contributed by atoms with van der Waals surface area (Å²) in [5.74, 6) is -0.652. The molecule has 0 fully saturated rings. The zero-order valence-corrected chi connectivity index (χ0v) is 36.2. The molecule has 322 valence electrons. The van der Waals surface area contributed by atoms with Crippen LogP contribution >= 0.6 is 0 Å². The monoisotopic (exact) mass is 782 g/mol. The quantitative estimate of drug-likeness (QED) is 0.0433. The number of carbonyl (C=O) groups excluding carboxylic acids is 6. The van der Waals surface area contributed by atoms with Crippen LogP contribution in [0.15, 0.2) is 0 Å². The van der Waals surface area contributed by atoms with Crippen LogP contribution in [0.25, 0.3) is 0 Å². The van der Waals surface area contributed by atoms with Gasteiger partial charge in [0, 0.05) is 62.7 Å². The van der Waals surface area contributed by atoms with E-state index in [0.29, 0.717) is 25.8 Å². The van der Waals surface area contributed by atoms with E-state index in [2.05, 4.69) is 45.7 Å². The number of Topliss-reactive ketones (excluding diaryl/α,β-unsaturated/α-hetero) is 2. The normalized spacial score (nSPS) is 13.6. The van der Waals surface area contributed by atoms with Gasteiger partial charge < -0.3 is 37.6 Å². The van der Waals surface area contributed by atoms with Crippen molar-refractivity contribution in [3.63, 3.8) is 0 Å². The van der Waals surface area contributed by atoms with Crippen LogP contribution in [0.5, 0.6) is 0 Å². The first kappa shape index (κ1) is 54.2. The van der Waals surface area contributed by atoms with Gasteiger partial charge >= 0.3 is 0 Å². The molecule has 13 nitrogen and oxygen atoms in total. The van der Waals surface area contributed by atoms with E-state index in [4.69, 9.17) is 5.73 Å². The molecule has 13 heteroatoms. The van der Waals surface area contributed by atoms with Crippen molar-refractivity contribution in [2.75, 3.05) is 33.7 Å². The highest BCUT2D eigenvalue weighted by molar-refractivity contribution is 5.83. The maximum absolute atomic E-state index is 13.3. The zero-order valence-electron chi connectivity index (χ0n) is 36.2. The van der Waals surface area contributed by atoms with Crippen molar-refractivity contribution in [3.05, 3.63) is 0 Å². The molecule has 0 aliphatic heterocycles. The molecule has 5 atom stereocenters. The first-order valence-electron chi connectivity index (χ1n) is 21.5. The Hall–Kier alpha value is -2.90. The molecule has 0 radical (unpaired) electrons. The van der Waals surface area contributed by atoms with Crippen LogP contribution in [0.2, 0.25) is 0 Å². The van der Waals surface area contributed by atoms with E-state index in [-0.39, 0.29) is 97.8 Å². The summed E-state index contributed by atoms with van der Waals surface area (Å²) < 4.78 is 0. The Kier molecular flexibility index (Phi) is 36.2. The molecule has 0 spiro atoms. The molecular formula is C42H83N7O6. The minimum atomic E-state index is -0.540. The first-order chi connectivity index (χ1) is 26.3. The van der Waals surface area contributed by atoms with E-state index in [0.717, 1.165) is 83.7 Å². The van der Waals surface area contributed by atoms with Crippen molar-refractivity contribution in [2.24, 2.45) is 11.7 Å². The van der Waals surface area contributed by atoms with Crippen LogP contribution in [-0.2, 0) is 28.8 Å². The molecule has 4 amide bonds. The molecule has 0 aliphatic carbocycles. The van der Waals surface area contributed by atoms with Gasteiger partial charge in [0.15, 0.2) is 0 Å². The first-order valence-corrected chi connectivity index (χ1v) is 21.5. The molecular weight excluding hydrogens is 699 g/mol. The predicted molar refractivity (Wildman–Crippen MR) is 225 cm³/mol. The summed E-state index contributed by atoms with van der Waals surface area (Å²) in [7, 11) is 3.77. The third-order valence-electron chi connectivity index (χ3n) is 9.41. The van der Waals surface area contributed by atoms with Gasteiger partial charge in [-0.25, -0.2) is 0 Å². The number of nitrogens with two attached hydrogens (primary N) is 1. The summed E-state index contributed by atoms with van der Waals surface area (Å²) in [6, 6.07) is -1.49. The molecule has 55 heavy (non-hydrogen) atoms. The van der Waals surface area contributed by atoms with Gasteiger partial charge in [0.05, 0.1) is 0 Å². The smallest absolute Gasteiger partial charge is 0.222 e. The second kappa shape index (κ2) is 36.7. The molecule has 0 aromatic rings. The highest BCUT2D eigenvalue weighted by Crippen LogP contribution is 2.14. The Labute approximate surface area is 334 Å². The van der Waals surface area contributed by atoms with Crippen molar-refractivity contribution in [1.29, 1.82) is 0 Å². The highest BCUT2D eigenvalue weighted by atomic mass is 16.2. The summed E-state index contributed by atoms with van der Waals surface area (Å²) in [5, 5.41) is 18.3. The molecule has 8 N–H and O–H groups in total.